The quantitative estimate of drug-likeness (QED) is 0.103. The molecule has 0 aliphatic carbocycles. The summed E-state index contributed by atoms with van der Waals surface area (Å²) in [5.41, 5.74) is 1.89. The van der Waals surface area contributed by atoms with E-state index in [4.69, 9.17) is 32.7 Å². The van der Waals surface area contributed by atoms with Crippen molar-refractivity contribution in [3.05, 3.63) is 123 Å². The van der Waals surface area contributed by atoms with Gasteiger partial charge in [0.1, 0.15) is 17.2 Å². The minimum Gasteiger partial charge on any atom is -0.497 e. The van der Waals surface area contributed by atoms with Crippen LogP contribution < -0.4 is 20.1 Å². The van der Waals surface area contributed by atoms with Crippen LogP contribution in [-0.2, 0) is 4.79 Å². The van der Waals surface area contributed by atoms with Gasteiger partial charge in [0.2, 0.25) is 0 Å². The molecule has 2 N–H and O–H groups in total. The molecule has 42 heavy (non-hydrogen) atoms. The first-order chi connectivity index (χ1) is 20.3. The molecule has 0 saturated carbocycles. The summed E-state index contributed by atoms with van der Waals surface area (Å²) in [5.74, 6) is 0.0789. The highest BCUT2D eigenvalue weighted by Gasteiger charge is 2.17. The molecule has 0 bridgehead atoms. The largest absolute Gasteiger partial charge is 0.497 e. The number of anilines is 1. The van der Waals surface area contributed by atoms with Crippen molar-refractivity contribution in [3.8, 4) is 11.5 Å². The molecule has 0 radical (unpaired) electrons. The molecule has 7 nitrogen and oxygen atoms in total. The van der Waals surface area contributed by atoms with Gasteiger partial charge in [-0.3, -0.25) is 14.4 Å². The van der Waals surface area contributed by atoms with E-state index in [1.54, 1.807) is 92.0 Å². The van der Waals surface area contributed by atoms with Gasteiger partial charge in [0.15, 0.2) is 5.78 Å². The molecule has 4 aromatic carbocycles. The lowest BCUT2D eigenvalue weighted by molar-refractivity contribution is -0.113. The van der Waals surface area contributed by atoms with Gasteiger partial charge in [-0.2, -0.15) is 0 Å². The summed E-state index contributed by atoms with van der Waals surface area (Å²) >= 11 is 13.3. The highest BCUT2D eigenvalue weighted by Crippen LogP contribution is 2.28. The number of thioether (sulfide) groups is 1. The van der Waals surface area contributed by atoms with Crippen LogP contribution in [0.2, 0.25) is 10.0 Å². The Hall–Kier alpha value is -4.24. The van der Waals surface area contributed by atoms with Crippen LogP contribution >= 0.6 is 35.0 Å². The van der Waals surface area contributed by atoms with Crippen LogP contribution in [0.3, 0.4) is 0 Å². The van der Waals surface area contributed by atoms with Gasteiger partial charge in [-0.25, -0.2) is 0 Å². The van der Waals surface area contributed by atoms with Crippen molar-refractivity contribution in [3.63, 3.8) is 0 Å². The number of hydrogen-bond acceptors (Lipinski definition) is 6. The Labute approximate surface area is 257 Å². The van der Waals surface area contributed by atoms with Gasteiger partial charge in [-0.05, 0) is 66.7 Å². The first-order valence-corrected chi connectivity index (χ1v) is 14.3. The van der Waals surface area contributed by atoms with E-state index >= 15 is 0 Å². The molecule has 10 heteroatoms. The summed E-state index contributed by atoms with van der Waals surface area (Å²) in [6.45, 7) is 0. The third-order valence-corrected chi connectivity index (χ3v) is 7.71. The zero-order valence-corrected chi connectivity index (χ0v) is 25.0. The van der Waals surface area contributed by atoms with Crippen molar-refractivity contribution in [2.75, 3.05) is 25.3 Å². The van der Waals surface area contributed by atoms with E-state index in [9.17, 15) is 14.4 Å². The Balaban J connectivity index is 1.54. The summed E-state index contributed by atoms with van der Waals surface area (Å²) in [4.78, 5) is 39.9. The first-order valence-electron chi connectivity index (χ1n) is 12.6. The zero-order valence-electron chi connectivity index (χ0n) is 22.7. The number of rotatable bonds is 11. The maximum Gasteiger partial charge on any atom is 0.272 e. The highest BCUT2D eigenvalue weighted by atomic mass is 35.5. The molecule has 0 saturated heterocycles. The number of ketones is 1. The Morgan fingerprint density at radius 1 is 0.810 bits per heavy atom. The lowest BCUT2D eigenvalue weighted by Gasteiger charge is -2.13. The standard InChI is InChI=1S/C32H26Cl2N2O5S/c1-40-24-13-11-22(30(18-24)41-2)16-28(36-31(38)20-7-4-3-5-8-20)32(39)35-23-9-6-10-25(17-23)42-19-29(37)21-12-14-26(33)27(34)15-21/h3-18H,19H2,1-2H3,(H,35,39)(H,36,38)/b28-16-. The highest BCUT2D eigenvalue weighted by molar-refractivity contribution is 8.00. The summed E-state index contributed by atoms with van der Waals surface area (Å²) in [6, 6.07) is 25.5. The second-order valence-electron chi connectivity index (χ2n) is 8.81. The van der Waals surface area contributed by atoms with Crippen LogP contribution in [0.25, 0.3) is 6.08 Å². The van der Waals surface area contributed by atoms with E-state index in [1.807, 2.05) is 6.07 Å². The van der Waals surface area contributed by atoms with Crippen LogP contribution in [0.4, 0.5) is 5.69 Å². The van der Waals surface area contributed by atoms with Gasteiger partial charge in [0.25, 0.3) is 11.8 Å². The second-order valence-corrected chi connectivity index (χ2v) is 10.7. The molecule has 0 heterocycles. The van der Waals surface area contributed by atoms with Crippen molar-refractivity contribution in [1.29, 1.82) is 0 Å². The number of hydrogen-bond donors (Lipinski definition) is 2. The lowest BCUT2D eigenvalue weighted by Crippen LogP contribution is -2.30. The van der Waals surface area contributed by atoms with Gasteiger partial charge in [-0.1, -0.05) is 47.5 Å². The topological polar surface area (TPSA) is 93.7 Å². The molecule has 214 valence electrons. The fourth-order valence-electron chi connectivity index (χ4n) is 3.80. The van der Waals surface area contributed by atoms with E-state index in [0.29, 0.717) is 43.9 Å². The second kappa shape index (κ2) is 14.6. The fourth-order valence-corrected chi connectivity index (χ4v) is 4.95. The third-order valence-electron chi connectivity index (χ3n) is 5.97. The molecule has 4 aromatic rings. The summed E-state index contributed by atoms with van der Waals surface area (Å²) in [5, 5.41) is 6.24. The fraction of sp³-hybridized carbons (Fsp3) is 0.0938. The van der Waals surface area contributed by atoms with E-state index < -0.39 is 11.8 Å². The average Bonchev–Trinajstić information content (AvgIpc) is 3.01. The van der Waals surface area contributed by atoms with Gasteiger partial charge in [0.05, 0.1) is 30.0 Å². The number of halogens is 2. The molecule has 0 fully saturated rings. The summed E-state index contributed by atoms with van der Waals surface area (Å²) < 4.78 is 10.7. The summed E-state index contributed by atoms with van der Waals surface area (Å²) in [7, 11) is 3.04. The predicted molar refractivity (Wildman–Crippen MR) is 168 cm³/mol. The average molecular weight is 622 g/mol. The Morgan fingerprint density at radius 3 is 2.31 bits per heavy atom. The smallest absolute Gasteiger partial charge is 0.272 e. The van der Waals surface area contributed by atoms with Gasteiger partial charge in [-0.15, -0.1) is 11.8 Å². The number of carbonyl (C=O) groups is 3. The number of amides is 2. The molecule has 4 rings (SSSR count). The Morgan fingerprint density at radius 2 is 1.60 bits per heavy atom. The maximum absolute atomic E-state index is 13.5. The Bertz CT molecular complexity index is 1640. The normalized spacial score (nSPS) is 11.0. The number of Topliss-reactive ketones (excluding diaryl/α,β-unsaturated/α-hetero) is 1. The van der Waals surface area contributed by atoms with Crippen LogP contribution in [0.5, 0.6) is 11.5 Å². The van der Waals surface area contributed by atoms with Crippen molar-refractivity contribution in [2.24, 2.45) is 0 Å². The molecule has 0 aromatic heterocycles. The van der Waals surface area contributed by atoms with Gasteiger partial charge in [0, 0.05) is 33.3 Å². The number of ether oxygens (including phenoxy) is 2. The van der Waals surface area contributed by atoms with Gasteiger partial charge >= 0.3 is 0 Å². The van der Waals surface area contributed by atoms with Gasteiger partial charge < -0.3 is 20.1 Å². The van der Waals surface area contributed by atoms with Crippen LogP contribution in [-0.4, -0.2) is 37.6 Å². The van der Waals surface area contributed by atoms with Crippen molar-refractivity contribution < 1.29 is 23.9 Å². The van der Waals surface area contributed by atoms with Crippen LogP contribution in [0.1, 0.15) is 26.3 Å². The zero-order chi connectivity index (χ0) is 30.1. The van der Waals surface area contributed by atoms with Crippen LogP contribution in [0, 0.1) is 0 Å². The van der Waals surface area contributed by atoms with E-state index in [1.165, 1.54) is 24.9 Å². The number of carbonyl (C=O) groups excluding carboxylic acids is 3. The predicted octanol–water partition coefficient (Wildman–Crippen LogP) is 7.40. The molecule has 0 spiro atoms. The number of nitrogens with one attached hydrogen (secondary N) is 2. The molecule has 0 unspecified atom stereocenters. The van der Waals surface area contributed by atoms with Crippen molar-refractivity contribution >= 4 is 64.3 Å². The third kappa shape index (κ3) is 8.16. The molecule has 0 aliphatic rings. The van der Waals surface area contributed by atoms with E-state index in [-0.39, 0.29) is 17.2 Å². The Kier molecular flexibility index (Phi) is 10.7. The van der Waals surface area contributed by atoms with E-state index in [2.05, 4.69) is 10.6 Å². The summed E-state index contributed by atoms with van der Waals surface area (Å²) in [6.07, 6.45) is 1.53. The van der Waals surface area contributed by atoms with E-state index in [0.717, 1.165) is 4.90 Å². The van der Waals surface area contributed by atoms with Crippen LogP contribution in [0.15, 0.2) is 102 Å². The molecular formula is C32H26Cl2N2O5S. The molecule has 2 amide bonds. The maximum atomic E-state index is 13.5. The molecular weight excluding hydrogens is 595 g/mol. The lowest BCUT2D eigenvalue weighted by atomic mass is 10.1. The minimum atomic E-state index is -0.550. The SMILES string of the molecule is COc1ccc(/C=C(\NC(=O)c2ccccc2)C(=O)Nc2cccc(SCC(=O)c3ccc(Cl)c(Cl)c3)c2)c(OC)c1. The van der Waals surface area contributed by atoms with Crippen molar-refractivity contribution in [2.45, 2.75) is 4.90 Å². The van der Waals surface area contributed by atoms with Crippen molar-refractivity contribution in [1.82, 2.24) is 5.32 Å². The first kappa shape index (κ1) is 30.7. The monoisotopic (exact) mass is 620 g/mol. The number of benzene rings is 4. The minimum absolute atomic E-state index is 0.000158. The molecule has 0 aliphatic heterocycles. The number of methoxy groups -OCH3 is 2. The molecule has 0 atom stereocenters.